The molecule has 138 valence electrons. The maximum atomic E-state index is 12.2. The highest BCUT2D eigenvalue weighted by Gasteiger charge is 2.27. The normalized spacial score (nSPS) is 19.4. The summed E-state index contributed by atoms with van der Waals surface area (Å²) in [7, 11) is 0. The van der Waals surface area contributed by atoms with Crippen molar-refractivity contribution in [2.45, 2.75) is 38.1 Å². The Morgan fingerprint density at radius 1 is 1.04 bits per heavy atom. The van der Waals surface area contributed by atoms with Crippen LogP contribution in [-0.4, -0.2) is 36.1 Å². The summed E-state index contributed by atoms with van der Waals surface area (Å²) in [5.41, 5.74) is 0.958. The summed E-state index contributed by atoms with van der Waals surface area (Å²) in [5.74, 6) is 0.0243. The number of hydrogen-bond acceptors (Lipinski definition) is 3. The molecule has 1 aliphatic rings. The monoisotopic (exact) mass is 354 g/mol. The number of carbonyl (C=O) groups is 2. The van der Waals surface area contributed by atoms with E-state index in [0.29, 0.717) is 5.92 Å². The van der Waals surface area contributed by atoms with Gasteiger partial charge in [0.05, 0.1) is 13.0 Å². The van der Waals surface area contributed by atoms with Gasteiger partial charge in [-0.25, -0.2) is 0 Å². The Bertz CT molecular complexity index is 769. The average molecular weight is 354 g/mol. The molecule has 0 bridgehead atoms. The molecular weight excluding hydrogens is 328 g/mol. The van der Waals surface area contributed by atoms with Gasteiger partial charge in [-0.1, -0.05) is 48.9 Å². The van der Waals surface area contributed by atoms with Crippen LogP contribution in [0, 0.1) is 5.92 Å². The number of benzene rings is 2. The summed E-state index contributed by atoms with van der Waals surface area (Å²) in [6, 6.07) is 14.0. The SMILES string of the molecule is O=C(Cc1cccc2ccccc12)NCC(=O)N[C@@H]1CCC[C@@H]1CCO. The van der Waals surface area contributed by atoms with Crippen LogP contribution in [0.15, 0.2) is 42.5 Å². The molecule has 0 heterocycles. The summed E-state index contributed by atoms with van der Waals surface area (Å²) in [6.45, 7) is 0.144. The molecule has 0 spiro atoms. The zero-order valence-electron chi connectivity index (χ0n) is 14.9. The van der Waals surface area contributed by atoms with Crippen molar-refractivity contribution in [2.24, 2.45) is 5.92 Å². The van der Waals surface area contributed by atoms with E-state index in [0.717, 1.165) is 42.0 Å². The molecule has 2 amide bonds. The lowest BCUT2D eigenvalue weighted by Crippen LogP contribution is -2.43. The molecule has 5 heteroatoms. The molecule has 2 aromatic carbocycles. The maximum Gasteiger partial charge on any atom is 0.239 e. The third-order valence-electron chi connectivity index (χ3n) is 5.18. The molecule has 1 fully saturated rings. The summed E-state index contributed by atoms with van der Waals surface area (Å²) < 4.78 is 0. The minimum Gasteiger partial charge on any atom is -0.396 e. The molecule has 26 heavy (non-hydrogen) atoms. The van der Waals surface area contributed by atoms with Crippen LogP contribution in [0.1, 0.15) is 31.2 Å². The third kappa shape index (κ3) is 4.61. The molecule has 0 aliphatic heterocycles. The third-order valence-corrected chi connectivity index (χ3v) is 5.18. The molecule has 2 aromatic rings. The number of nitrogens with one attached hydrogen (secondary N) is 2. The van der Waals surface area contributed by atoms with Gasteiger partial charge in [0.1, 0.15) is 0 Å². The number of carbonyl (C=O) groups excluding carboxylic acids is 2. The first-order chi connectivity index (χ1) is 12.7. The lowest BCUT2D eigenvalue weighted by molar-refractivity contribution is -0.126. The van der Waals surface area contributed by atoms with Crippen LogP contribution in [0.3, 0.4) is 0 Å². The van der Waals surface area contributed by atoms with Crippen LogP contribution in [0.5, 0.6) is 0 Å². The highest BCUT2D eigenvalue weighted by atomic mass is 16.3. The number of fused-ring (bicyclic) bond motifs is 1. The maximum absolute atomic E-state index is 12.2. The Kier molecular flexibility index (Phi) is 6.23. The van der Waals surface area contributed by atoms with Crippen LogP contribution in [0.4, 0.5) is 0 Å². The van der Waals surface area contributed by atoms with Crippen molar-refractivity contribution in [1.29, 1.82) is 0 Å². The van der Waals surface area contributed by atoms with Crippen LogP contribution >= 0.6 is 0 Å². The van der Waals surface area contributed by atoms with E-state index in [4.69, 9.17) is 5.11 Å². The number of hydrogen-bond donors (Lipinski definition) is 3. The second kappa shape index (κ2) is 8.81. The van der Waals surface area contributed by atoms with E-state index in [9.17, 15) is 9.59 Å². The van der Waals surface area contributed by atoms with Crippen molar-refractivity contribution in [3.05, 3.63) is 48.0 Å². The van der Waals surface area contributed by atoms with Crippen LogP contribution < -0.4 is 10.6 Å². The molecule has 0 radical (unpaired) electrons. The zero-order valence-corrected chi connectivity index (χ0v) is 14.9. The summed E-state index contributed by atoms with van der Waals surface area (Å²) in [5, 5.41) is 17.0. The van der Waals surface area contributed by atoms with Crippen LogP contribution in [-0.2, 0) is 16.0 Å². The first kappa shape index (κ1) is 18.4. The molecule has 3 N–H and O–H groups in total. The second-order valence-electron chi connectivity index (χ2n) is 6.97. The lowest BCUT2D eigenvalue weighted by Gasteiger charge is -2.20. The van der Waals surface area contributed by atoms with E-state index < -0.39 is 0 Å². The van der Waals surface area contributed by atoms with Gasteiger partial charge >= 0.3 is 0 Å². The van der Waals surface area contributed by atoms with Crippen molar-refractivity contribution < 1.29 is 14.7 Å². The Balaban J connectivity index is 1.50. The fraction of sp³-hybridized carbons (Fsp3) is 0.429. The quantitative estimate of drug-likeness (QED) is 0.713. The van der Waals surface area contributed by atoms with Crippen LogP contribution in [0.25, 0.3) is 10.8 Å². The van der Waals surface area contributed by atoms with Gasteiger partial charge < -0.3 is 15.7 Å². The highest BCUT2D eigenvalue weighted by Crippen LogP contribution is 2.28. The predicted octanol–water partition coefficient (Wildman–Crippen LogP) is 2.17. The summed E-state index contributed by atoms with van der Waals surface area (Å²) >= 11 is 0. The first-order valence-corrected chi connectivity index (χ1v) is 9.31. The van der Waals surface area contributed by atoms with E-state index in [2.05, 4.69) is 10.6 Å². The topological polar surface area (TPSA) is 78.4 Å². The van der Waals surface area contributed by atoms with Gasteiger partial charge in [0.15, 0.2) is 0 Å². The molecule has 3 rings (SSSR count). The molecule has 2 atom stereocenters. The van der Waals surface area contributed by atoms with E-state index in [1.165, 1.54) is 0 Å². The minimum atomic E-state index is -0.161. The number of amides is 2. The second-order valence-corrected chi connectivity index (χ2v) is 6.97. The molecule has 5 nitrogen and oxygen atoms in total. The Hall–Kier alpha value is -2.40. The molecule has 1 aliphatic carbocycles. The van der Waals surface area contributed by atoms with E-state index in [-0.39, 0.29) is 37.4 Å². The molecule has 1 saturated carbocycles. The Morgan fingerprint density at radius 3 is 2.69 bits per heavy atom. The van der Waals surface area contributed by atoms with E-state index in [1.54, 1.807) is 0 Å². The van der Waals surface area contributed by atoms with Gasteiger partial charge in [0.2, 0.25) is 11.8 Å². The summed E-state index contributed by atoms with van der Waals surface area (Å²) in [6.07, 6.45) is 4.03. The number of rotatable bonds is 7. The predicted molar refractivity (Wildman–Crippen MR) is 102 cm³/mol. The van der Waals surface area contributed by atoms with Gasteiger partial charge in [0.25, 0.3) is 0 Å². The van der Waals surface area contributed by atoms with Crippen molar-refractivity contribution in [3.63, 3.8) is 0 Å². The molecular formula is C21H26N2O3. The van der Waals surface area contributed by atoms with Gasteiger partial charge in [0, 0.05) is 12.6 Å². The fourth-order valence-corrected chi connectivity index (χ4v) is 3.86. The standard InChI is InChI=1S/C21H26N2O3/c24-12-11-16-7-4-10-19(16)23-21(26)14-22-20(25)13-17-8-3-6-15-5-1-2-9-18(15)17/h1-3,5-6,8-9,16,19,24H,4,7,10-14H2,(H,22,25)(H,23,26)/t16-,19-/m1/s1. The van der Waals surface area contributed by atoms with Gasteiger partial charge in [-0.3, -0.25) is 9.59 Å². The Morgan fingerprint density at radius 2 is 1.85 bits per heavy atom. The van der Waals surface area contributed by atoms with Crippen LogP contribution in [0.2, 0.25) is 0 Å². The van der Waals surface area contributed by atoms with E-state index >= 15 is 0 Å². The Labute approximate surface area is 153 Å². The van der Waals surface area contributed by atoms with Crippen molar-refractivity contribution >= 4 is 22.6 Å². The summed E-state index contributed by atoms with van der Waals surface area (Å²) in [4.78, 5) is 24.4. The zero-order chi connectivity index (χ0) is 18.4. The van der Waals surface area contributed by atoms with E-state index in [1.807, 2.05) is 42.5 Å². The molecule has 0 saturated heterocycles. The average Bonchev–Trinajstić information content (AvgIpc) is 3.07. The van der Waals surface area contributed by atoms with Crippen molar-refractivity contribution in [1.82, 2.24) is 10.6 Å². The molecule has 0 aromatic heterocycles. The van der Waals surface area contributed by atoms with Gasteiger partial charge in [-0.05, 0) is 41.5 Å². The van der Waals surface area contributed by atoms with Gasteiger partial charge in [-0.2, -0.15) is 0 Å². The van der Waals surface area contributed by atoms with Crippen molar-refractivity contribution in [2.75, 3.05) is 13.2 Å². The first-order valence-electron chi connectivity index (χ1n) is 9.31. The smallest absolute Gasteiger partial charge is 0.239 e. The lowest BCUT2D eigenvalue weighted by atomic mass is 10.00. The number of aliphatic hydroxyl groups is 1. The molecule has 0 unspecified atom stereocenters. The largest absolute Gasteiger partial charge is 0.396 e. The fourth-order valence-electron chi connectivity index (χ4n) is 3.86. The number of aliphatic hydroxyl groups excluding tert-OH is 1. The highest BCUT2D eigenvalue weighted by molar-refractivity contribution is 5.91. The van der Waals surface area contributed by atoms with Crippen molar-refractivity contribution in [3.8, 4) is 0 Å². The minimum absolute atomic E-state index is 0.00799. The van der Waals surface area contributed by atoms with Gasteiger partial charge in [-0.15, -0.1) is 0 Å².